The lowest BCUT2D eigenvalue weighted by molar-refractivity contribution is -0.125. The summed E-state index contributed by atoms with van der Waals surface area (Å²) in [6.45, 7) is 3.37. The molecule has 2 aliphatic rings. The van der Waals surface area contributed by atoms with E-state index in [2.05, 4.69) is 12.2 Å². The maximum absolute atomic E-state index is 12.6. The van der Waals surface area contributed by atoms with Crippen LogP contribution in [0.5, 0.6) is 0 Å². The molecular formula is C18H24ClN3O3. The van der Waals surface area contributed by atoms with Crippen LogP contribution < -0.4 is 11.1 Å². The van der Waals surface area contributed by atoms with Crippen LogP contribution in [0, 0.1) is 11.8 Å². The number of nitrogens with two attached hydrogens (primary N) is 1. The zero-order chi connectivity index (χ0) is 17.3. The van der Waals surface area contributed by atoms with Gasteiger partial charge in [-0.2, -0.15) is 0 Å². The molecule has 3 atom stereocenters. The number of carbonyl (C=O) groups excluding carboxylic acids is 3. The fourth-order valence-corrected chi connectivity index (χ4v) is 3.60. The van der Waals surface area contributed by atoms with E-state index >= 15 is 0 Å². The Kier molecular flexibility index (Phi) is 6.19. The van der Waals surface area contributed by atoms with E-state index in [-0.39, 0.29) is 48.5 Å². The highest BCUT2D eigenvalue weighted by Gasteiger charge is 2.32. The second-order valence-corrected chi connectivity index (χ2v) is 6.86. The van der Waals surface area contributed by atoms with Crippen molar-refractivity contribution in [3.05, 3.63) is 35.4 Å². The molecule has 0 bridgehead atoms. The van der Waals surface area contributed by atoms with Crippen molar-refractivity contribution in [3.63, 3.8) is 0 Å². The Bertz CT molecular complexity index is 662. The Hall–Kier alpha value is -1.92. The normalized spacial score (nSPS) is 25.7. The highest BCUT2D eigenvalue weighted by Crippen LogP contribution is 2.24. The second kappa shape index (κ2) is 7.97. The van der Waals surface area contributed by atoms with Gasteiger partial charge < -0.3 is 10.6 Å². The first-order valence-electron chi connectivity index (χ1n) is 8.41. The number of carbonyl (C=O) groups is 3. The van der Waals surface area contributed by atoms with Gasteiger partial charge in [-0.05, 0) is 49.9 Å². The van der Waals surface area contributed by atoms with Crippen LogP contribution in [0.15, 0.2) is 24.3 Å². The third-order valence-corrected chi connectivity index (χ3v) is 5.00. The number of nitrogens with zero attached hydrogens (tertiary/aromatic N) is 1. The van der Waals surface area contributed by atoms with Gasteiger partial charge in [0, 0.05) is 24.6 Å². The highest BCUT2D eigenvalue weighted by molar-refractivity contribution is 6.03. The Morgan fingerprint density at radius 1 is 1.28 bits per heavy atom. The molecule has 1 aromatic rings. The summed E-state index contributed by atoms with van der Waals surface area (Å²) < 4.78 is 0. The predicted octanol–water partition coefficient (Wildman–Crippen LogP) is 1.12. The molecule has 0 radical (unpaired) electrons. The van der Waals surface area contributed by atoms with Gasteiger partial charge >= 0.3 is 0 Å². The molecule has 0 spiro atoms. The molecule has 2 heterocycles. The lowest BCUT2D eigenvalue weighted by atomic mass is 9.97. The summed E-state index contributed by atoms with van der Waals surface area (Å²) >= 11 is 0. The van der Waals surface area contributed by atoms with Crippen molar-refractivity contribution in [2.24, 2.45) is 17.6 Å². The van der Waals surface area contributed by atoms with Gasteiger partial charge in [-0.3, -0.25) is 19.7 Å². The molecule has 7 heteroatoms. The molecule has 2 fully saturated rings. The van der Waals surface area contributed by atoms with Crippen LogP contribution in [0.25, 0.3) is 0 Å². The van der Waals surface area contributed by atoms with Gasteiger partial charge in [0.25, 0.3) is 5.91 Å². The first kappa shape index (κ1) is 19.4. The van der Waals surface area contributed by atoms with Gasteiger partial charge in [-0.15, -0.1) is 12.4 Å². The molecule has 25 heavy (non-hydrogen) atoms. The van der Waals surface area contributed by atoms with Crippen LogP contribution >= 0.6 is 12.4 Å². The van der Waals surface area contributed by atoms with Gasteiger partial charge in [0.1, 0.15) is 0 Å². The third kappa shape index (κ3) is 4.19. The van der Waals surface area contributed by atoms with Crippen molar-refractivity contribution in [1.82, 2.24) is 10.2 Å². The number of hydrogen-bond acceptors (Lipinski definition) is 4. The Labute approximate surface area is 153 Å². The largest absolute Gasteiger partial charge is 0.336 e. The summed E-state index contributed by atoms with van der Waals surface area (Å²) in [5.41, 5.74) is 7.32. The fraction of sp³-hybridized carbons (Fsp3) is 0.500. The van der Waals surface area contributed by atoms with E-state index in [1.54, 1.807) is 12.1 Å². The predicted molar refractivity (Wildman–Crippen MR) is 96.3 cm³/mol. The number of halogens is 1. The average molecular weight is 366 g/mol. The molecule has 3 N–H and O–H groups in total. The SMILES string of the molecule is CC1CC(CN)CN1C(=O)c1ccc(CC2CC(=O)NC2=O)cc1.Cl. The molecule has 0 aromatic heterocycles. The molecule has 1 aromatic carbocycles. The smallest absolute Gasteiger partial charge is 0.254 e. The number of rotatable bonds is 4. The van der Waals surface area contributed by atoms with Gasteiger partial charge in [-0.25, -0.2) is 0 Å². The van der Waals surface area contributed by atoms with Crippen LogP contribution in [0.2, 0.25) is 0 Å². The second-order valence-electron chi connectivity index (χ2n) is 6.86. The number of nitrogens with one attached hydrogen (secondary N) is 1. The maximum atomic E-state index is 12.6. The zero-order valence-corrected chi connectivity index (χ0v) is 15.1. The zero-order valence-electron chi connectivity index (χ0n) is 14.2. The minimum absolute atomic E-state index is 0. The van der Waals surface area contributed by atoms with Crippen LogP contribution in [0.1, 0.15) is 35.7 Å². The van der Waals surface area contributed by atoms with E-state index < -0.39 is 0 Å². The molecule has 3 unspecified atom stereocenters. The minimum atomic E-state index is -0.303. The highest BCUT2D eigenvalue weighted by atomic mass is 35.5. The molecule has 2 aliphatic heterocycles. The van der Waals surface area contributed by atoms with Crippen molar-refractivity contribution in [1.29, 1.82) is 0 Å². The minimum Gasteiger partial charge on any atom is -0.336 e. The number of imide groups is 1. The average Bonchev–Trinajstić information content (AvgIpc) is 3.09. The molecule has 136 valence electrons. The van der Waals surface area contributed by atoms with E-state index in [9.17, 15) is 14.4 Å². The van der Waals surface area contributed by atoms with Crippen molar-refractivity contribution >= 4 is 30.1 Å². The van der Waals surface area contributed by atoms with Crippen molar-refractivity contribution in [2.45, 2.75) is 32.2 Å². The van der Waals surface area contributed by atoms with E-state index in [4.69, 9.17) is 5.73 Å². The summed E-state index contributed by atoms with van der Waals surface area (Å²) in [7, 11) is 0. The first-order valence-corrected chi connectivity index (χ1v) is 8.41. The van der Waals surface area contributed by atoms with Crippen LogP contribution in [0.3, 0.4) is 0 Å². The summed E-state index contributed by atoms with van der Waals surface area (Å²) in [4.78, 5) is 37.4. The molecular weight excluding hydrogens is 342 g/mol. The standard InChI is InChI=1S/C18H23N3O3.ClH/c1-11-6-13(9-19)10-21(11)18(24)14-4-2-12(3-5-14)7-15-8-16(22)20-17(15)23;/h2-5,11,13,15H,6-10,19H2,1H3,(H,20,22,23);1H. The summed E-state index contributed by atoms with van der Waals surface area (Å²) in [5, 5.41) is 2.32. The molecule has 0 aliphatic carbocycles. The first-order chi connectivity index (χ1) is 11.5. The molecule has 6 nitrogen and oxygen atoms in total. The maximum Gasteiger partial charge on any atom is 0.254 e. The molecule has 3 amide bonds. The Morgan fingerprint density at radius 2 is 1.96 bits per heavy atom. The quantitative estimate of drug-likeness (QED) is 0.782. The number of likely N-dealkylation sites (tertiary alicyclic amines) is 1. The van der Waals surface area contributed by atoms with Gasteiger partial charge in [0.05, 0.1) is 5.92 Å². The van der Waals surface area contributed by atoms with Crippen LogP contribution in [-0.2, 0) is 16.0 Å². The lowest BCUT2D eigenvalue weighted by Gasteiger charge is -2.21. The topological polar surface area (TPSA) is 92.5 Å². The van der Waals surface area contributed by atoms with Gasteiger partial charge in [0.2, 0.25) is 11.8 Å². The number of benzene rings is 1. The van der Waals surface area contributed by atoms with E-state index in [1.807, 2.05) is 17.0 Å². The lowest BCUT2D eigenvalue weighted by Crippen LogP contribution is -2.34. The molecule has 3 rings (SSSR count). The summed E-state index contributed by atoms with van der Waals surface area (Å²) in [6.07, 6.45) is 1.71. The van der Waals surface area contributed by atoms with E-state index in [0.717, 1.165) is 12.0 Å². The third-order valence-electron chi connectivity index (χ3n) is 5.00. The van der Waals surface area contributed by atoms with E-state index in [1.165, 1.54) is 0 Å². The van der Waals surface area contributed by atoms with Crippen molar-refractivity contribution in [3.8, 4) is 0 Å². The van der Waals surface area contributed by atoms with Crippen LogP contribution in [-0.4, -0.2) is 41.8 Å². The number of hydrogen-bond donors (Lipinski definition) is 2. The van der Waals surface area contributed by atoms with Gasteiger partial charge in [-0.1, -0.05) is 12.1 Å². The Balaban J connectivity index is 0.00000225. The Morgan fingerprint density at radius 3 is 2.48 bits per heavy atom. The number of amides is 3. The summed E-state index contributed by atoms with van der Waals surface area (Å²) in [5.74, 6) is -0.323. The molecule has 0 saturated carbocycles. The fourth-order valence-electron chi connectivity index (χ4n) is 3.60. The summed E-state index contributed by atoms with van der Waals surface area (Å²) in [6, 6.07) is 7.54. The van der Waals surface area contributed by atoms with Crippen molar-refractivity contribution in [2.75, 3.05) is 13.1 Å². The van der Waals surface area contributed by atoms with Gasteiger partial charge in [0.15, 0.2) is 0 Å². The molecule has 2 saturated heterocycles. The van der Waals surface area contributed by atoms with Crippen molar-refractivity contribution < 1.29 is 14.4 Å². The van der Waals surface area contributed by atoms with E-state index in [0.29, 0.717) is 31.0 Å². The van der Waals surface area contributed by atoms with Crippen LogP contribution in [0.4, 0.5) is 0 Å². The monoisotopic (exact) mass is 365 g/mol.